The van der Waals surface area contributed by atoms with Gasteiger partial charge in [-0.1, -0.05) is 24.3 Å². The van der Waals surface area contributed by atoms with Crippen LogP contribution in [-0.2, 0) is 0 Å². The van der Waals surface area contributed by atoms with E-state index in [1.54, 1.807) is 37.3 Å². The van der Waals surface area contributed by atoms with E-state index in [0.717, 1.165) is 16.7 Å². The minimum atomic E-state index is -1.48. The summed E-state index contributed by atoms with van der Waals surface area (Å²) in [5, 5.41) is 46.7. The molecule has 14 heteroatoms. The van der Waals surface area contributed by atoms with Gasteiger partial charge in [-0.15, -0.1) is 0 Å². The third-order valence-corrected chi connectivity index (χ3v) is 5.01. The van der Waals surface area contributed by atoms with Gasteiger partial charge in [-0.25, -0.2) is 0 Å². The fourth-order valence-corrected chi connectivity index (χ4v) is 3.12. The Labute approximate surface area is 251 Å². The number of carbonyl (C=O) groups excluding carboxylic acids is 1. The van der Waals surface area contributed by atoms with E-state index in [-0.39, 0.29) is 79.7 Å². The third kappa shape index (κ3) is 10.3. The quantitative estimate of drug-likeness (QED) is 0.223. The van der Waals surface area contributed by atoms with Crippen molar-refractivity contribution in [1.82, 2.24) is 0 Å². The number of hydrogen-bond acceptors (Lipinski definition) is 8. The Bertz CT molecular complexity index is 1420. The molecule has 0 saturated heterocycles. The molecule has 0 amide bonds. The summed E-state index contributed by atoms with van der Waals surface area (Å²) in [7, 11) is 0. The van der Waals surface area contributed by atoms with Crippen LogP contribution < -0.4 is 34.7 Å². The van der Waals surface area contributed by atoms with Crippen LogP contribution in [0.4, 0.5) is 22.7 Å². The minimum Gasteiger partial charge on any atom is -0.545 e. The van der Waals surface area contributed by atoms with Crippen LogP contribution in [0.3, 0.4) is 0 Å². The van der Waals surface area contributed by atoms with Crippen LogP contribution in [0, 0.1) is 6.92 Å². The van der Waals surface area contributed by atoms with Gasteiger partial charge in [0.2, 0.25) is 0 Å². The Balaban J connectivity index is -0.00000228. The van der Waals surface area contributed by atoms with Gasteiger partial charge in [-0.2, -0.15) is 20.5 Å². The summed E-state index contributed by atoms with van der Waals surface area (Å²) in [6.07, 6.45) is 0. The van der Waals surface area contributed by atoms with Crippen LogP contribution in [-0.4, -0.2) is 43.6 Å². The van der Waals surface area contributed by atoms with Crippen molar-refractivity contribution in [2.45, 2.75) is 6.92 Å². The topological polar surface area (TPSA) is 288 Å². The predicted octanol–water partition coefficient (Wildman–Crippen LogP) is -0.852. The van der Waals surface area contributed by atoms with Gasteiger partial charge >= 0.3 is 29.6 Å². The molecule has 0 unspecified atom stereocenters. The Morgan fingerprint density at radius 2 is 0.925 bits per heavy atom. The Kier molecular flexibility index (Phi) is 18.5. The zero-order chi connectivity index (χ0) is 24.1. The number of carboxylic acids is 1. The number of carbonyl (C=O) groups is 1. The largest absolute Gasteiger partial charge is 1.00 e. The van der Waals surface area contributed by atoms with Gasteiger partial charge < -0.3 is 47.5 Å². The summed E-state index contributed by atoms with van der Waals surface area (Å²) in [6, 6.07) is 23.9. The van der Waals surface area contributed by atoms with Crippen molar-refractivity contribution in [3.63, 3.8) is 0 Å². The third-order valence-electron chi connectivity index (χ3n) is 5.01. The number of aromatic hydroxyl groups is 2. The van der Waals surface area contributed by atoms with Crippen molar-refractivity contribution in [3.05, 3.63) is 96.1 Å². The van der Waals surface area contributed by atoms with E-state index in [0.29, 0.717) is 17.1 Å². The zero-order valence-electron chi connectivity index (χ0n) is 21.6. The number of azo groups is 2. The summed E-state index contributed by atoms with van der Waals surface area (Å²) >= 11 is 0. The Hall–Kier alpha value is -4.05. The molecule has 13 nitrogen and oxygen atoms in total. The van der Waals surface area contributed by atoms with Gasteiger partial charge in [-0.05, 0) is 84.3 Å². The number of rotatable bonds is 6. The summed E-state index contributed by atoms with van der Waals surface area (Å²) < 4.78 is 0. The molecule has 0 saturated carbocycles. The Morgan fingerprint density at radius 1 is 0.575 bits per heavy atom. The van der Waals surface area contributed by atoms with Gasteiger partial charge in [0.05, 0.1) is 28.7 Å². The van der Waals surface area contributed by atoms with Crippen LogP contribution in [0.15, 0.2) is 105 Å². The molecule has 4 rings (SSSR count). The van der Waals surface area contributed by atoms with Crippen LogP contribution in [0.25, 0.3) is 11.1 Å². The molecule has 0 heterocycles. The molecule has 0 atom stereocenters. The normalized spacial score (nSPS) is 9.62. The molecule has 40 heavy (non-hydrogen) atoms. The average molecular weight is 565 g/mol. The number of nitrogens with zero attached hydrogens (tertiary/aromatic N) is 4. The number of aryl methyl sites for hydroxylation is 1. The molecule has 0 aliphatic rings. The first-order valence-corrected chi connectivity index (χ1v) is 10.3. The standard InChI is InChI=1S/C26H20N4O4.Na.5H2O/c1-16-14-21(10-12-24(16)31)29-27-19-6-2-17(3-7-19)18-4-8-20(9-5-18)28-30-22-11-13-25(32)23(15-22)26(33)34;;;;;;/h2-15,31-32H,1H3,(H,33,34);;5*1H2/q;+1;;;;;/p-1. The molecule has 0 aromatic heterocycles. The van der Waals surface area contributed by atoms with E-state index in [1.807, 2.05) is 36.4 Å². The van der Waals surface area contributed by atoms with Gasteiger partial charge in [0.25, 0.3) is 0 Å². The van der Waals surface area contributed by atoms with Crippen LogP contribution in [0.2, 0.25) is 0 Å². The van der Waals surface area contributed by atoms with Crippen LogP contribution in [0.5, 0.6) is 11.5 Å². The molecule has 12 N–H and O–H groups in total. The summed E-state index contributed by atoms with van der Waals surface area (Å²) in [4.78, 5) is 11.0. The first kappa shape index (κ1) is 40.4. The molecule has 4 aromatic carbocycles. The van der Waals surface area contributed by atoms with E-state index >= 15 is 0 Å². The minimum absolute atomic E-state index is 0. The van der Waals surface area contributed by atoms with Gasteiger partial charge in [0.1, 0.15) is 11.5 Å². The fraction of sp³-hybridized carbons (Fsp3) is 0.0385. The van der Waals surface area contributed by atoms with E-state index in [2.05, 4.69) is 20.5 Å². The predicted molar refractivity (Wildman–Crippen MR) is 144 cm³/mol. The fourth-order valence-electron chi connectivity index (χ4n) is 3.12. The van der Waals surface area contributed by atoms with Gasteiger partial charge in [0, 0.05) is 5.56 Å². The smallest absolute Gasteiger partial charge is 0.545 e. The van der Waals surface area contributed by atoms with Gasteiger partial charge in [0.15, 0.2) is 0 Å². The maximum absolute atomic E-state index is 11.0. The molecular weight excluding hydrogens is 535 g/mol. The second kappa shape index (κ2) is 18.3. The van der Waals surface area contributed by atoms with Crippen LogP contribution >= 0.6 is 0 Å². The van der Waals surface area contributed by atoms with Crippen molar-refractivity contribution in [3.8, 4) is 22.6 Å². The summed E-state index contributed by atoms with van der Waals surface area (Å²) in [5.41, 5.74) is 4.58. The summed E-state index contributed by atoms with van der Waals surface area (Å²) in [6.45, 7) is 1.80. The van der Waals surface area contributed by atoms with Crippen molar-refractivity contribution < 1.29 is 77.1 Å². The maximum atomic E-state index is 11.0. The second-order valence-corrected chi connectivity index (χ2v) is 7.45. The molecule has 0 radical (unpaired) electrons. The maximum Gasteiger partial charge on any atom is 1.00 e. The van der Waals surface area contributed by atoms with Crippen molar-refractivity contribution in [1.29, 1.82) is 0 Å². The number of phenols is 2. The number of hydrogen-bond donors (Lipinski definition) is 2. The number of phenolic OH excluding ortho intramolecular Hbond substituents is 1. The number of benzene rings is 4. The summed E-state index contributed by atoms with van der Waals surface area (Å²) in [5.74, 6) is -1.64. The first-order chi connectivity index (χ1) is 16.4. The second-order valence-electron chi connectivity index (χ2n) is 7.45. The molecule has 0 aliphatic carbocycles. The Morgan fingerprint density at radius 3 is 1.32 bits per heavy atom. The monoisotopic (exact) mass is 564 g/mol. The first-order valence-electron chi connectivity index (χ1n) is 10.3. The van der Waals surface area contributed by atoms with Crippen molar-refractivity contribution >= 4 is 28.7 Å². The SMILES string of the molecule is Cc1cc(N=Nc2ccc(-c3ccc(N=Nc4ccc(O)c(C(=O)[O-])c4)cc3)cc2)ccc1O.O.O.O.O.O.[Na+]. The number of aromatic carboxylic acids is 1. The molecule has 0 bridgehead atoms. The van der Waals surface area contributed by atoms with Gasteiger partial charge in [-0.3, -0.25) is 0 Å². The van der Waals surface area contributed by atoms with E-state index in [4.69, 9.17) is 0 Å². The van der Waals surface area contributed by atoms with E-state index in [9.17, 15) is 20.1 Å². The molecule has 4 aromatic rings. The molecule has 208 valence electrons. The molecular formula is C26H29N4NaO9. The average Bonchev–Trinajstić information content (AvgIpc) is 2.85. The molecule has 0 fully saturated rings. The number of carboxylic acid groups (broad SMARTS) is 1. The molecule has 0 spiro atoms. The van der Waals surface area contributed by atoms with Crippen molar-refractivity contribution in [2.75, 3.05) is 0 Å². The zero-order valence-corrected chi connectivity index (χ0v) is 23.6. The van der Waals surface area contributed by atoms with Crippen LogP contribution in [0.1, 0.15) is 15.9 Å². The van der Waals surface area contributed by atoms with E-state index in [1.165, 1.54) is 18.2 Å². The molecule has 0 aliphatic heterocycles. The van der Waals surface area contributed by atoms with Crippen molar-refractivity contribution in [2.24, 2.45) is 20.5 Å². The van der Waals surface area contributed by atoms with E-state index < -0.39 is 5.97 Å².